The molecule has 1 heterocycles. The van der Waals surface area contributed by atoms with Gasteiger partial charge in [0, 0.05) is 17.7 Å². The highest BCUT2D eigenvalue weighted by molar-refractivity contribution is 5.92. The van der Waals surface area contributed by atoms with Crippen LogP contribution in [0.25, 0.3) is 11.5 Å². The first-order valence-corrected chi connectivity index (χ1v) is 7.72. The number of para-hydroxylation sites is 1. The largest absolute Gasteiger partial charge is 0.452 e. The number of nitro benzene ring substituents is 1. The van der Waals surface area contributed by atoms with Crippen LogP contribution >= 0.6 is 0 Å². The van der Waals surface area contributed by atoms with E-state index in [-0.39, 0.29) is 28.8 Å². The number of carbonyl (C=O) groups excluding carboxylic acids is 1. The van der Waals surface area contributed by atoms with Crippen molar-refractivity contribution < 1.29 is 32.4 Å². The van der Waals surface area contributed by atoms with E-state index in [9.17, 15) is 23.7 Å². The topological polar surface area (TPSA) is 118 Å². The lowest BCUT2D eigenvalue weighted by molar-refractivity contribution is -0.384. The van der Waals surface area contributed by atoms with Gasteiger partial charge in [0.2, 0.25) is 5.89 Å². The molecular weight excluding hydrogens is 380 g/mol. The zero-order valence-electron chi connectivity index (χ0n) is 14.0. The highest BCUT2D eigenvalue weighted by Crippen LogP contribution is 2.23. The molecule has 3 rings (SSSR count). The summed E-state index contributed by atoms with van der Waals surface area (Å²) in [6, 6.07) is 10.8. The van der Waals surface area contributed by atoms with Crippen molar-refractivity contribution in [1.29, 1.82) is 0 Å². The van der Waals surface area contributed by atoms with Crippen LogP contribution in [0.15, 0.2) is 52.9 Å². The van der Waals surface area contributed by atoms with Crippen molar-refractivity contribution in [3.8, 4) is 17.2 Å². The molecule has 0 aliphatic rings. The van der Waals surface area contributed by atoms with E-state index in [0.717, 1.165) is 0 Å². The first-order chi connectivity index (χ1) is 13.4. The highest BCUT2D eigenvalue weighted by Gasteiger charge is 2.18. The molecule has 0 aliphatic carbocycles. The Morgan fingerprint density at radius 1 is 1.14 bits per heavy atom. The van der Waals surface area contributed by atoms with Crippen LogP contribution < -0.4 is 4.74 Å². The lowest BCUT2D eigenvalue weighted by Crippen LogP contribution is -2.10. The van der Waals surface area contributed by atoms with Gasteiger partial charge >= 0.3 is 12.6 Å². The van der Waals surface area contributed by atoms with Gasteiger partial charge in [0.15, 0.2) is 6.61 Å². The maximum absolute atomic E-state index is 12.4. The van der Waals surface area contributed by atoms with Gasteiger partial charge in [0.25, 0.3) is 11.6 Å². The van der Waals surface area contributed by atoms with E-state index in [4.69, 9.17) is 9.15 Å². The van der Waals surface area contributed by atoms with Crippen molar-refractivity contribution in [3.05, 3.63) is 70.1 Å². The van der Waals surface area contributed by atoms with Gasteiger partial charge < -0.3 is 13.9 Å². The van der Waals surface area contributed by atoms with Crippen LogP contribution in [0, 0.1) is 10.1 Å². The number of nitrogens with zero attached hydrogens (tertiary/aromatic N) is 3. The lowest BCUT2D eigenvalue weighted by Gasteiger charge is -2.09. The number of carbonyl (C=O) groups is 1. The molecule has 28 heavy (non-hydrogen) atoms. The molecule has 0 N–H and O–H groups in total. The number of nitro groups is 1. The summed E-state index contributed by atoms with van der Waals surface area (Å²) in [6.45, 7) is -3.49. The molecule has 3 aromatic rings. The number of hydrogen-bond acceptors (Lipinski definition) is 8. The predicted molar refractivity (Wildman–Crippen MR) is 88.6 cm³/mol. The molecule has 0 atom stereocenters. The fourth-order valence-corrected chi connectivity index (χ4v) is 2.19. The van der Waals surface area contributed by atoms with E-state index in [1.807, 2.05) is 0 Å². The van der Waals surface area contributed by atoms with Gasteiger partial charge in [-0.3, -0.25) is 10.1 Å². The second-order valence-corrected chi connectivity index (χ2v) is 5.26. The summed E-state index contributed by atoms with van der Waals surface area (Å²) in [5.41, 5.74) is 0.159. The molecule has 0 unspecified atom stereocenters. The third-order valence-corrected chi connectivity index (χ3v) is 3.44. The van der Waals surface area contributed by atoms with Gasteiger partial charge in [-0.25, -0.2) is 4.79 Å². The Kier molecular flexibility index (Phi) is 5.53. The van der Waals surface area contributed by atoms with Gasteiger partial charge in [-0.15, -0.1) is 10.2 Å². The number of esters is 1. The third-order valence-electron chi connectivity index (χ3n) is 3.44. The van der Waals surface area contributed by atoms with E-state index in [0.29, 0.717) is 5.56 Å². The monoisotopic (exact) mass is 391 g/mol. The standard InChI is InChI=1S/C17H11F2N3O6/c18-17(19)27-13-4-2-1-3-12(13)16(23)26-9-14-20-21-15(28-14)10-5-7-11(8-6-10)22(24)25/h1-8,17H,9H2. The van der Waals surface area contributed by atoms with Crippen LogP contribution in [-0.2, 0) is 11.3 Å². The Bertz CT molecular complexity index is 991. The molecule has 9 nitrogen and oxygen atoms in total. The molecule has 144 valence electrons. The molecule has 0 amide bonds. The maximum atomic E-state index is 12.4. The van der Waals surface area contributed by atoms with Crippen LogP contribution in [0.5, 0.6) is 5.75 Å². The molecule has 0 radical (unpaired) electrons. The van der Waals surface area contributed by atoms with Crippen molar-refractivity contribution in [1.82, 2.24) is 10.2 Å². The van der Waals surface area contributed by atoms with Crippen molar-refractivity contribution >= 4 is 11.7 Å². The molecule has 0 saturated heterocycles. The SMILES string of the molecule is O=C(OCc1nnc(-c2ccc([N+](=O)[O-])cc2)o1)c1ccccc1OC(F)F. The first kappa shape index (κ1) is 18.9. The average molecular weight is 391 g/mol. The van der Waals surface area contributed by atoms with Crippen molar-refractivity contribution in [3.63, 3.8) is 0 Å². The quantitative estimate of drug-likeness (QED) is 0.341. The van der Waals surface area contributed by atoms with Crippen molar-refractivity contribution in [2.75, 3.05) is 0 Å². The first-order valence-electron chi connectivity index (χ1n) is 7.72. The number of alkyl halides is 2. The van der Waals surface area contributed by atoms with E-state index >= 15 is 0 Å². The minimum absolute atomic E-state index is 0.0473. The molecular formula is C17H11F2N3O6. The van der Waals surface area contributed by atoms with E-state index in [2.05, 4.69) is 14.9 Å². The van der Waals surface area contributed by atoms with Crippen LogP contribution in [0.2, 0.25) is 0 Å². The van der Waals surface area contributed by atoms with Gasteiger partial charge in [-0.2, -0.15) is 8.78 Å². The van der Waals surface area contributed by atoms with Crippen molar-refractivity contribution in [2.45, 2.75) is 13.2 Å². The molecule has 0 aliphatic heterocycles. The summed E-state index contributed by atoms with van der Waals surface area (Å²) in [7, 11) is 0. The van der Waals surface area contributed by atoms with E-state index in [1.165, 1.54) is 48.5 Å². The number of ether oxygens (including phenoxy) is 2. The van der Waals surface area contributed by atoms with Crippen LogP contribution in [0.1, 0.15) is 16.2 Å². The minimum atomic E-state index is -3.09. The summed E-state index contributed by atoms with van der Waals surface area (Å²) in [5.74, 6) is -1.21. The highest BCUT2D eigenvalue weighted by atomic mass is 19.3. The maximum Gasteiger partial charge on any atom is 0.387 e. The Morgan fingerprint density at radius 2 is 1.86 bits per heavy atom. The number of aromatic nitrogens is 2. The Morgan fingerprint density at radius 3 is 2.54 bits per heavy atom. The summed E-state index contributed by atoms with van der Waals surface area (Å²) >= 11 is 0. The van der Waals surface area contributed by atoms with Gasteiger partial charge in [-0.1, -0.05) is 12.1 Å². The molecule has 0 spiro atoms. The van der Waals surface area contributed by atoms with Crippen LogP contribution in [0.4, 0.5) is 14.5 Å². The molecule has 2 aromatic carbocycles. The Hall–Kier alpha value is -3.89. The van der Waals surface area contributed by atoms with Gasteiger partial charge in [0.05, 0.1) is 4.92 Å². The Balaban J connectivity index is 1.66. The molecule has 0 fully saturated rings. The fraction of sp³-hybridized carbons (Fsp3) is 0.118. The lowest BCUT2D eigenvalue weighted by atomic mass is 10.2. The number of benzene rings is 2. The minimum Gasteiger partial charge on any atom is -0.452 e. The number of rotatable bonds is 7. The fourth-order valence-electron chi connectivity index (χ4n) is 2.19. The second kappa shape index (κ2) is 8.20. The summed E-state index contributed by atoms with van der Waals surface area (Å²) in [5, 5.41) is 18.1. The third kappa shape index (κ3) is 4.44. The molecule has 0 saturated carbocycles. The summed E-state index contributed by atoms with van der Waals surface area (Å²) in [4.78, 5) is 22.2. The van der Waals surface area contributed by atoms with Crippen LogP contribution in [-0.4, -0.2) is 27.7 Å². The molecule has 0 bridgehead atoms. The zero-order chi connectivity index (χ0) is 20.1. The smallest absolute Gasteiger partial charge is 0.387 e. The van der Waals surface area contributed by atoms with Crippen molar-refractivity contribution in [2.24, 2.45) is 0 Å². The molecule has 11 heteroatoms. The number of halogens is 2. The summed E-state index contributed by atoms with van der Waals surface area (Å²) in [6.07, 6.45) is 0. The van der Waals surface area contributed by atoms with E-state index < -0.39 is 24.1 Å². The normalized spacial score (nSPS) is 10.7. The average Bonchev–Trinajstić information content (AvgIpc) is 3.15. The number of hydrogen-bond donors (Lipinski definition) is 0. The van der Waals surface area contributed by atoms with E-state index in [1.54, 1.807) is 0 Å². The number of non-ortho nitro benzene ring substituents is 1. The van der Waals surface area contributed by atoms with Gasteiger partial charge in [-0.05, 0) is 24.3 Å². The predicted octanol–water partition coefficient (Wildman–Crippen LogP) is 3.60. The zero-order valence-corrected chi connectivity index (χ0v) is 14.0. The van der Waals surface area contributed by atoms with Gasteiger partial charge in [0.1, 0.15) is 11.3 Å². The Labute approximate surface area is 155 Å². The second-order valence-electron chi connectivity index (χ2n) is 5.26. The van der Waals surface area contributed by atoms with Crippen LogP contribution in [0.3, 0.4) is 0 Å². The molecule has 1 aromatic heterocycles. The summed E-state index contributed by atoms with van der Waals surface area (Å²) < 4.78 is 39.4.